The first-order valence-electron chi connectivity index (χ1n) is 5.58. The topological polar surface area (TPSA) is 78.9 Å². The molecular formula is C13H15N5. The monoisotopic (exact) mass is 241 g/mol. The molecule has 2 aromatic heterocycles. The number of nitrogens with two attached hydrogens (primary N) is 1. The van der Waals surface area contributed by atoms with E-state index in [1.807, 2.05) is 30.1 Å². The summed E-state index contributed by atoms with van der Waals surface area (Å²) in [6.07, 6.45) is 3.42. The van der Waals surface area contributed by atoms with Gasteiger partial charge < -0.3 is 10.6 Å². The summed E-state index contributed by atoms with van der Waals surface area (Å²) in [5.41, 5.74) is 7.10. The summed E-state index contributed by atoms with van der Waals surface area (Å²) in [4.78, 5) is 10.5. The quantitative estimate of drug-likeness (QED) is 0.626. The van der Waals surface area contributed by atoms with E-state index in [2.05, 4.69) is 9.97 Å². The molecule has 0 aromatic carbocycles. The molecule has 0 saturated carbocycles. The molecule has 0 unspecified atom stereocenters. The van der Waals surface area contributed by atoms with Crippen molar-refractivity contribution in [2.75, 3.05) is 11.9 Å². The van der Waals surface area contributed by atoms with E-state index in [0.717, 1.165) is 11.5 Å². The zero-order valence-electron chi connectivity index (χ0n) is 10.2. The van der Waals surface area contributed by atoms with Crippen molar-refractivity contribution in [3.8, 4) is 0 Å². The highest BCUT2D eigenvalue weighted by molar-refractivity contribution is 5.95. The summed E-state index contributed by atoms with van der Waals surface area (Å²) in [6.45, 7) is 0.662. The highest BCUT2D eigenvalue weighted by atomic mass is 15.2. The molecule has 5 heteroatoms. The van der Waals surface area contributed by atoms with Crippen molar-refractivity contribution < 1.29 is 0 Å². The van der Waals surface area contributed by atoms with Crippen LogP contribution in [0.4, 0.5) is 5.82 Å². The fourth-order valence-corrected chi connectivity index (χ4v) is 1.61. The summed E-state index contributed by atoms with van der Waals surface area (Å²) >= 11 is 0. The number of anilines is 1. The van der Waals surface area contributed by atoms with Gasteiger partial charge in [-0.25, -0.2) is 4.98 Å². The molecule has 2 rings (SSSR count). The minimum Gasteiger partial charge on any atom is -0.384 e. The fraction of sp³-hybridized carbons (Fsp3) is 0.154. The number of nitrogens with one attached hydrogen (secondary N) is 1. The number of pyridine rings is 2. The lowest BCUT2D eigenvalue weighted by Gasteiger charge is -2.18. The second-order valence-corrected chi connectivity index (χ2v) is 3.99. The van der Waals surface area contributed by atoms with Crippen molar-refractivity contribution in [3.63, 3.8) is 0 Å². The lowest BCUT2D eigenvalue weighted by molar-refractivity contribution is 0.865. The lowest BCUT2D eigenvalue weighted by Crippen LogP contribution is -2.19. The third-order valence-corrected chi connectivity index (χ3v) is 2.57. The molecule has 0 bridgehead atoms. The molecule has 5 nitrogen and oxygen atoms in total. The minimum absolute atomic E-state index is 0.0462. The Labute approximate surface area is 106 Å². The lowest BCUT2D eigenvalue weighted by atomic mass is 10.2. The summed E-state index contributed by atoms with van der Waals surface area (Å²) in [6, 6.07) is 9.32. The van der Waals surface area contributed by atoms with Gasteiger partial charge in [-0.2, -0.15) is 0 Å². The molecule has 0 radical (unpaired) electrons. The number of hydrogen-bond donors (Lipinski definition) is 2. The third kappa shape index (κ3) is 2.82. The van der Waals surface area contributed by atoms with Crippen LogP contribution in [0, 0.1) is 5.41 Å². The van der Waals surface area contributed by atoms with Crippen molar-refractivity contribution in [1.82, 2.24) is 9.97 Å². The standard InChI is InChI=1S/C13H15N5/c1-18(9-11-4-2-3-6-16-11)12-8-10(13(14)15)5-7-17-12/h2-8H,9H2,1H3,(H3,14,15). The largest absolute Gasteiger partial charge is 0.384 e. The molecule has 0 fully saturated rings. The molecule has 0 spiro atoms. The Morgan fingerprint density at radius 2 is 2.11 bits per heavy atom. The minimum atomic E-state index is 0.0462. The van der Waals surface area contributed by atoms with Gasteiger partial charge in [0.05, 0.1) is 12.2 Å². The molecule has 2 aromatic rings. The normalized spacial score (nSPS) is 10.1. The third-order valence-electron chi connectivity index (χ3n) is 2.57. The number of nitrogens with zero attached hydrogens (tertiary/aromatic N) is 3. The molecular weight excluding hydrogens is 226 g/mol. The molecule has 0 aliphatic carbocycles. The first kappa shape index (κ1) is 12.0. The van der Waals surface area contributed by atoms with Crippen LogP contribution in [0.3, 0.4) is 0 Å². The summed E-state index contributed by atoms with van der Waals surface area (Å²) < 4.78 is 0. The summed E-state index contributed by atoms with van der Waals surface area (Å²) in [7, 11) is 1.93. The van der Waals surface area contributed by atoms with Crippen LogP contribution in [-0.2, 0) is 6.54 Å². The number of amidine groups is 1. The molecule has 0 atom stereocenters. The van der Waals surface area contributed by atoms with Crippen LogP contribution in [0.2, 0.25) is 0 Å². The van der Waals surface area contributed by atoms with Gasteiger partial charge >= 0.3 is 0 Å². The zero-order chi connectivity index (χ0) is 13.0. The van der Waals surface area contributed by atoms with Gasteiger partial charge in [-0.05, 0) is 24.3 Å². The Kier molecular flexibility index (Phi) is 3.52. The second-order valence-electron chi connectivity index (χ2n) is 3.99. The van der Waals surface area contributed by atoms with E-state index in [1.54, 1.807) is 24.5 Å². The van der Waals surface area contributed by atoms with Crippen molar-refractivity contribution in [2.45, 2.75) is 6.54 Å². The van der Waals surface area contributed by atoms with Crippen molar-refractivity contribution in [2.24, 2.45) is 5.73 Å². The average molecular weight is 241 g/mol. The van der Waals surface area contributed by atoms with E-state index in [4.69, 9.17) is 11.1 Å². The van der Waals surface area contributed by atoms with E-state index >= 15 is 0 Å². The highest BCUT2D eigenvalue weighted by Crippen LogP contribution is 2.13. The molecule has 0 saturated heterocycles. The fourth-order valence-electron chi connectivity index (χ4n) is 1.61. The van der Waals surface area contributed by atoms with Gasteiger partial charge in [-0.15, -0.1) is 0 Å². The Morgan fingerprint density at radius 3 is 2.78 bits per heavy atom. The molecule has 0 amide bonds. The van der Waals surface area contributed by atoms with Crippen LogP contribution >= 0.6 is 0 Å². The number of nitrogen functional groups attached to an aromatic ring is 1. The van der Waals surface area contributed by atoms with Crippen molar-refractivity contribution in [3.05, 3.63) is 54.0 Å². The Bertz CT molecular complexity index is 538. The molecule has 18 heavy (non-hydrogen) atoms. The Balaban J connectivity index is 2.16. The highest BCUT2D eigenvalue weighted by Gasteiger charge is 2.06. The van der Waals surface area contributed by atoms with Crippen LogP contribution in [0.15, 0.2) is 42.7 Å². The van der Waals surface area contributed by atoms with E-state index in [9.17, 15) is 0 Å². The molecule has 3 N–H and O–H groups in total. The molecule has 0 aliphatic heterocycles. The van der Waals surface area contributed by atoms with Gasteiger partial charge in [0, 0.05) is 25.0 Å². The van der Waals surface area contributed by atoms with Gasteiger partial charge in [0.25, 0.3) is 0 Å². The second kappa shape index (κ2) is 5.27. The average Bonchev–Trinajstić information content (AvgIpc) is 2.40. The first-order valence-corrected chi connectivity index (χ1v) is 5.58. The van der Waals surface area contributed by atoms with Crippen LogP contribution in [-0.4, -0.2) is 22.9 Å². The summed E-state index contributed by atoms with van der Waals surface area (Å²) in [5.74, 6) is 0.818. The maximum absolute atomic E-state index is 7.41. The van der Waals surface area contributed by atoms with Crippen LogP contribution in [0.1, 0.15) is 11.3 Å². The van der Waals surface area contributed by atoms with Crippen molar-refractivity contribution in [1.29, 1.82) is 5.41 Å². The van der Waals surface area contributed by atoms with E-state index in [1.165, 1.54) is 0 Å². The van der Waals surface area contributed by atoms with Gasteiger partial charge in [-0.1, -0.05) is 6.07 Å². The predicted octanol–water partition coefficient (Wildman–Crippen LogP) is 1.40. The van der Waals surface area contributed by atoms with Crippen LogP contribution in [0.5, 0.6) is 0 Å². The molecule has 92 valence electrons. The number of hydrogen-bond acceptors (Lipinski definition) is 4. The van der Waals surface area contributed by atoms with Crippen LogP contribution in [0.25, 0.3) is 0 Å². The van der Waals surface area contributed by atoms with Crippen LogP contribution < -0.4 is 10.6 Å². The van der Waals surface area contributed by atoms with Gasteiger partial charge in [0.2, 0.25) is 0 Å². The van der Waals surface area contributed by atoms with E-state index in [0.29, 0.717) is 12.1 Å². The predicted molar refractivity (Wildman–Crippen MR) is 71.6 cm³/mol. The van der Waals surface area contributed by atoms with Gasteiger partial charge in [0.15, 0.2) is 0 Å². The van der Waals surface area contributed by atoms with E-state index < -0.39 is 0 Å². The van der Waals surface area contributed by atoms with Crippen molar-refractivity contribution >= 4 is 11.7 Å². The summed E-state index contributed by atoms with van der Waals surface area (Å²) in [5, 5.41) is 7.41. The molecule has 2 heterocycles. The smallest absolute Gasteiger partial charge is 0.129 e. The van der Waals surface area contributed by atoms with Gasteiger partial charge in [0.1, 0.15) is 11.7 Å². The maximum Gasteiger partial charge on any atom is 0.129 e. The van der Waals surface area contributed by atoms with Gasteiger partial charge in [-0.3, -0.25) is 10.4 Å². The SMILES string of the molecule is CN(Cc1ccccn1)c1cc(C(=N)N)ccn1. The first-order chi connectivity index (χ1) is 8.66. The maximum atomic E-state index is 7.41. The Hall–Kier alpha value is -2.43. The Morgan fingerprint density at radius 1 is 1.28 bits per heavy atom. The zero-order valence-corrected chi connectivity index (χ0v) is 10.2. The molecule has 0 aliphatic rings. The number of aromatic nitrogens is 2. The van der Waals surface area contributed by atoms with E-state index in [-0.39, 0.29) is 5.84 Å². The number of rotatable bonds is 4.